The molecular formula is C18H26N6O2. The molecule has 1 saturated heterocycles. The third-order valence-corrected chi connectivity index (χ3v) is 4.15. The number of carbonyl (C=O) groups excluding carboxylic acids is 1. The maximum absolute atomic E-state index is 12.0. The molecule has 1 aromatic heterocycles. The SMILES string of the molecule is CN1CCCCC1C(=O)Oc1ccccc1N.Nc1ccc(N)c(N)n1. The Morgan fingerprint density at radius 1 is 1.08 bits per heavy atom. The topological polar surface area (TPSA) is 147 Å². The van der Waals surface area contributed by atoms with E-state index < -0.39 is 0 Å². The van der Waals surface area contributed by atoms with Gasteiger partial charge >= 0.3 is 5.97 Å². The molecule has 1 unspecified atom stereocenters. The van der Waals surface area contributed by atoms with Crippen LogP contribution in [0, 0.1) is 0 Å². The molecule has 140 valence electrons. The van der Waals surface area contributed by atoms with Gasteiger partial charge in [0.1, 0.15) is 17.7 Å². The van der Waals surface area contributed by atoms with Gasteiger partial charge in [0.2, 0.25) is 0 Å². The van der Waals surface area contributed by atoms with Crippen molar-refractivity contribution in [3.63, 3.8) is 0 Å². The minimum atomic E-state index is -0.204. The predicted molar refractivity (Wildman–Crippen MR) is 104 cm³/mol. The standard InChI is InChI=1S/C13H18N2O2.C5H8N4/c1-15-9-5-4-7-11(15)13(16)17-12-8-3-2-6-10(12)14;6-3-1-2-4(7)9-5(3)8/h2-3,6,8,11H,4-5,7,9,14H2,1H3;1-2H,6H2,(H4,7,8,9). The Bertz CT molecular complexity index is 752. The summed E-state index contributed by atoms with van der Waals surface area (Å²) < 4.78 is 5.35. The van der Waals surface area contributed by atoms with Crippen LogP contribution in [0.2, 0.25) is 0 Å². The zero-order chi connectivity index (χ0) is 19.1. The summed E-state index contributed by atoms with van der Waals surface area (Å²) in [6.07, 6.45) is 3.09. The fourth-order valence-electron chi connectivity index (χ4n) is 2.62. The molecule has 0 spiro atoms. The molecule has 1 aliphatic heterocycles. The van der Waals surface area contributed by atoms with E-state index in [-0.39, 0.29) is 17.8 Å². The van der Waals surface area contributed by atoms with E-state index in [0.29, 0.717) is 22.9 Å². The van der Waals surface area contributed by atoms with Crippen LogP contribution in [0.3, 0.4) is 0 Å². The van der Waals surface area contributed by atoms with Crippen LogP contribution < -0.4 is 27.7 Å². The van der Waals surface area contributed by atoms with Gasteiger partial charge in [-0.2, -0.15) is 0 Å². The average Bonchev–Trinajstić information content (AvgIpc) is 2.61. The number of nitrogens with zero attached hydrogens (tertiary/aromatic N) is 2. The van der Waals surface area contributed by atoms with Gasteiger partial charge in [-0.3, -0.25) is 4.90 Å². The summed E-state index contributed by atoms with van der Waals surface area (Å²) in [6.45, 7) is 0.948. The van der Waals surface area contributed by atoms with Crippen LogP contribution in [-0.4, -0.2) is 35.5 Å². The normalized spacial score (nSPS) is 17.0. The van der Waals surface area contributed by atoms with Crippen molar-refractivity contribution in [2.24, 2.45) is 0 Å². The van der Waals surface area contributed by atoms with Crippen LogP contribution in [0.25, 0.3) is 0 Å². The molecule has 0 amide bonds. The Hall–Kier alpha value is -3.00. The van der Waals surface area contributed by atoms with Gasteiger partial charge in [-0.05, 0) is 50.7 Å². The van der Waals surface area contributed by atoms with Crippen LogP contribution in [-0.2, 0) is 4.79 Å². The van der Waals surface area contributed by atoms with E-state index >= 15 is 0 Å². The van der Waals surface area contributed by atoms with Gasteiger partial charge in [0, 0.05) is 0 Å². The molecule has 26 heavy (non-hydrogen) atoms. The van der Waals surface area contributed by atoms with Crippen molar-refractivity contribution in [1.29, 1.82) is 0 Å². The number of para-hydroxylation sites is 2. The lowest BCUT2D eigenvalue weighted by Crippen LogP contribution is -2.44. The first kappa shape index (κ1) is 19.3. The average molecular weight is 358 g/mol. The third kappa shape index (κ3) is 5.25. The largest absolute Gasteiger partial charge is 0.423 e. The molecule has 3 rings (SSSR count). The highest BCUT2D eigenvalue weighted by molar-refractivity contribution is 5.79. The van der Waals surface area contributed by atoms with Crippen molar-refractivity contribution in [3.05, 3.63) is 36.4 Å². The molecule has 0 bridgehead atoms. The molecule has 8 N–H and O–H groups in total. The lowest BCUT2D eigenvalue weighted by molar-refractivity contribution is -0.141. The zero-order valence-electron chi connectivity index (χ0n) is 14.9. The Morgan fingerprint density at radius 3 is 2.42 bits per heavy atom. The first-order valence-corrected chi connectivity index (χ1v) is 8.42. The fourth-order valence-corrected chi connectivity index (χ4v) is 2.62. The molecule has 1 aromatic carbocycles. The Kier molecular flexibility index (Phi) is 6.62. The van der Waals surface area contributed by atoms with E-state index in [2.05, 4.69) is 4.98 Å². The minimum absolute atomic E-state index is 0.136. The number of nitrogen functional groups attached to an aromatic ring is 4. The number of carbonyl (C=O) groups is 1. The number of likely N-dealkylation sites (N-methyl/N-ethyl adjacent to an activating group) is 1. The molecular weight excluding hydrogens is 332 g/mol. The maximum Gasteiger partial charge on any atom is 0.328 e. The van der Waals surface area contributed by atoms with Crippen LogP contribution in [0.5, 0.6) is 5.75 Å². The Balaban J connectivity index is 0.000000228. The van der Waals surface area contributed by atoms with Gasteiger partial charge in [-0.1, -0.05) is 18.6 Å². The van der Waals surface area contributed by atoms with E-state index in [1.54, 1.807) is 24.3 Å². The number of pyridine rings is 1. The van der Waals surface area contributed by atoms with E-state index in [9.17, 15) is 4.79 Å². The van der Waals surface area contributed by atoms with Gasteiger partial charge in [-0.25, -0.2) is 9.78 Å². The predicted octanol–water partition coefficient (Wildman–Crippen LogP) is 1.49. The second kappa shape index (κ2) is 8.91. The van der Waals surface area contributed by atoms with Gasteiger partial charge in [0.25, 0.3) is 0 Å². The lowest BCUT2D eigenvalue weighted by Gasteiger charge is -2.30. The number of nitrogens with two attached hydrogens (primary N) is 4. The molecule has 0 saturated carbocycles. The smallest absolute Gasteiger partial charge is 0.328 e. The van der Waals surface area contributed by atoms with E-state index in [4.69, 9.17) is 27.7 Å². The molecule has 2 aromatic rings. The number of esters is 1. The Labute approximate surface area is 153 Å². The molecule has 1 atom stereocenters. The summed E-state index contributed by atoms with van der Waals surface area (Å²) in [5.41, 5.74) is 22.6. The third-order valence-electron chi connectivity index (χ3n) is 4.15. The first-order valence-electron chi connectivity index (χ1n) is 8.42. The summed E-state index contributed by atoms with van der Waals surface area (Å²) in [4.78, 5) is 17.8. The molecule has 2 heterocycles. The number of hydrogen-bond donors (Lipinski definition) is 4. The van der Waals surface area contributed by atoms with Crippen molar-refractivity contribution in [2.45, 2.75) is 25.3 Å². The van der Waals surface area contributed by atoms with Gasteiger partial charge in [0.15, 0.2) is 5.75 Å². The van der Waals surface area contributed by atoms with Crippen molar-refractivity contribution >= 4 is 29.0 Å². The second-order valence-electron chi connectivity index (χ2n) is 6.16. The molecule has 0 aliphatic carbocycles. The number of ether oxygens (including phenoxy) is 1. The number of rotatable bonds is 2. The molecule has 1 fully saturated rings. The summed E-state index contributed by atoms with van der Waals surface area (Å²) in [5.74, 6) is 0.929. The number of anilines is 4. The highest BCUT2D eigenvalue weighted by atomic mass is 16.5. The van der Waals surface area contributed by atoms with Gasteiger partial charge in [-0.15, -0.1) is 0 Å². The van der Waals surface area contributed by atoms with Crippen molar-refractivity contribution < 1.29 is 9.53 Å². The number of hydrogen-bond acceptors (Lipinski definition) is 8. The van der Waals surface area contributed by atoms with Crippen LogP contribution in [0.1, 0.15) is 19.3 Å². The lowest BCUT2D eigenvalue weighted by atomic mass is 10.0. The number of piperidine rings is 1. The monoisotopic (exact) mass is 358 g/mol. The zero-order valence-corrected chi connectivity index (χ0v) is 14.9. The van der Waals surface area contributed by atoms with Crippen molar-refractivity contribution in [3.8, 4) is 5.75 Å². The summed E-state index contributed by atoms with van der Waals surface area (Å²) in [5, 5.41) is 0. The highest BCUT2D eigenvalue weighted by Gasteiger charge is 2.27. The van der Waals surface area contributed by atoms with Crippen molar-refractivity contribution in [1.82, 2.24) is 9.88 Å². The molecule has 1 aliphatic rings. The van der Waals surface area contributed by atoms with Crippen LogP contribution in [0.15, 0.2) is 36.4 Å². The number of likely N-dealkylation sites (tertiary alicyclic amines) is 1. The quantitative estimate of drug-likeness (QED) is 0.359. The van der Waals surface area contributed by atoms with E-state index in [0.717, 1.165) is 25.8 Å². The maximum atomic E-state index is 12.0. The fraction of sp³-hybridized carbons (Fsp3) is 0.333. The van der Waals surface area contributed by atoms with Crippen LogP contribution >= 0.6 is 0 Å². The van der Waals surface area contributed by atoms with E-state index in [1.807, 2.05) is 24.1 Å². The summed E-state index contributed by atoms with van der Waals surface area (Å²) in [6, 6.07) is 10.2. The first-order chi connectivity index (χ1) is 12.4. The number of benzene rings is 1. The molecule has 0 radical (unpaired) electrons. The Morgan fingerprint density at radius 2 is 1.81 bits per heavy atom. The number of aromatic nitrogens is 1. The van der Waals surface area contributed by atoms with Crippen molar-refractivity contribution in [2.75, 3.05) is 36.5 Å². The van der Waals surface area contributed by atoms with E-state index in [1.165, 1.54) is 0 Å². The molecule has 8 nitrogen and oxygen atoms in total. The van der Waals surface area contributed by atoms with Crippen LogP contribution in [0.4, 0.5) is 23.0 Å². The highest BCUT2D eigenvalue weighted by Crippen LogP contribution is 2.23. The molecule has 8 heteroatoms. The minimum Gasteiger partial charge on any atom is -0.423 e. The summed E-state index contributed by atoms with van der Waals surface area (Å²) >= 11 is 0. The van der Waals surface area contributed by atoms with Gasteiger partial charge in [0.05, 0.1) is 11.4 Å². The van der Waals surface area contributed by atoms with Gasteiger partial charge < -0.3 is 27.7 Å². The second-order valence-corrected chi connectivity index (χ2v) is 6.16. The summed E-state index contributed by atoms with van der Waals surface area (Å²) in [7, 11) is 1.96.